The van der Waals surface area contributed by atoms with Crippen LogP contribution in [0.25, 0.3) is 0 Å². The zero-order chi connectivity index (χ0) is 108. The summed E-state index contributed by atoms with van der Waals surface area (Å²) in [6, 6.07) is 84.0. The average molecular weight is 1920 g/mol. The first-order valence-electron chi connectivity index (χ1n) is 49.6. The molecule has 13 rings (SSSR count). The molecule has 10 heteroatoms. The number of halogens is 7. The molecule has 0 aliphatic carbocycles. The number of aryl methyl sites for hydroxylation is 6. The predicted molar refractivity (Wildman–Crippen MR) is 593 cm³/mol. The highest BCUT2D eigenvalue weighted by Crippen LogP contribution is 2.36. The number of hydrogen-bond donors (Lipinski definition) is 0. The number of methoxy groups -OCH3 is 1. The number of nitrogens with zero attached hydrogens (tertiary/aromatic N) is 1. The van der Waals surface area contributed by atoms with Gasteiger partial charge in [0, 0.05) is 18.8 Å². The van der Waals surface area contributed by atoms with Crippen LogP contribution in [0.15, 0.2) is 273 Å². The highest BCUT2D eigenvalue weighted by Gasteiger charge is 2.31. The van der Waals surface area contributed by atoms with Crippen molar-refractivity contribution in [2.75, 3.05) is 13.7 Å². The van der Waals surface area contributed by atoms with Crippen LogP contribution in [0.3, 0.4) is 0 Å². The molecule has 0 amide bonds. The minimum Gasteiger partial charge on any atom is -0.497 e. The van der Waals surface area contributed by atoms with Gasteiger partial charge in [-0.15, -0.1) is 0 Å². The Morgan fingerprint density at radius 2 is 0.571 bits per heavy atom. The number of alkyl halides is 3. The molecule has 12 aromatic rings. The van der Waals surface area contributed by atoms with E-state index in [4.69, 9.17) is 9.47 Å². The van der Waals surface area contributed by atoms with Gasteiger partial charge in [-0.05, 0) is 273 Å². The second kappa shape index (κ2) is 54.2. The molecule has 1 aromatic heterocycles. The summed E-state index contributed by atoms with van der Waals surface area (Å²) in [7, 11) is 1.69. The Balaban J connectivity index is 0.000000517. The van der Waals surface area contributed by atoms with E-state index in [9.17, 15) is 30.7 Å². The van der Waals surface area contributed by atoms with E-state index in [0.717, 1.165) is 65.8 Å². The van der Waals surface area contributed by atoms with Crippen molar-refractivity contribution in [3.05, 3.63) is 408 Å². The van der Waals surface area contributed by atoms with Gasteiger partial charge in [-0.2, -0.15) is 13.2 Å². The minimum atomic E-state index is -4.24. The summed E-state index contributed by atoms with van der Waals surface area (Å²) in [4.78, 5) is 3.96. The van der Waals surface area contributed by atoms with Gasteiger partial charge in [-0.1, -0.05) is 455 Å². The van der Waals surface area contributed by atoms with E-state index >= 15 is 0 Å². The van der Waals surface area contributed by atoms with E-state index < -0.39 is 23.4 Å². The van der Waals surface area contributed by atoms with Gasteiger partial charge in [0.05, 0.1) is 19.3 Å². The molecule has 0 bridgehead atoms. The van der Waals surface area contributed by atoms with Gasteiger partial charge >= 0.3 is 6.18 Å². The summed E-state index contributed by atoms with van der Waals surface area (Å²) in [5.74, 6) is 0.168. The SMILES string of the molecule is CC(C)(C)c1ccc(C(F)(F)F)cc1.CC(C)(C)c1ccc(F)c(F)c1.CC(C)(C)c1ccc(F)cc1.CC(C)(C)c1ccc2c(c1)OCC2.CC(C)(C)c1ccccc1.CC(C)(C)c1ccncc1.CCc1ccc(C(C)(C)C)cc1.COc1ccc(C(C)(C)C)cc1.Cc1ccc(C(C)(C)C)cc1.Cc1ccc(C(C)(C)C)cc1C.Cc1ccc(C(C)(C)C)cc1F.Cc1cccc(C(C)(C)C)c1. The van der Waals surface area contributed by atoms with E-state index in [1.54, 1.807) is 26.2 Å². The number of pyridine rings is 1. The molecule has 0 N–H and O–H groups in total. The van der Waals surface area contributed by atoms with Crippen molar-refractivity contribution < 1.29 is 40.2 Å². The molecule has 140 heavy (non-hydrogen) atoms. The topological polar surface area (TPSA) is 31.4 Å². The second-order valence-corrected chi connectivity index (χ2v) is 49.0. The lowest BCUT2D eigenvalue weighted by atomic mass is 9.85. The largest absolute Gasteiger partial charge is 0.497 e. The first-order chi connectivity index (χ1) is 63.8. The molecule has 0 spiro atoms. The van der Waals surface area contributed by atoms with Gasteiger partial charge in [0.15, 0.2) is 11.6 Å². The van der Waals surface area contributed by atoms with E-state index in [-0.39, 0.29) is 71.2 Å². The van der Waals surface area contributed by atoms with Crippen LogP contribution in [0.2, 0.25) is 0 Å². The van der Waals surface area contributed by atoms with E-state index in [2.05, 4.69) is 411 Å². The third kappa shape index (κ3) is 48.4. The van der Waals surface area contributed by atoms with Crippen LogP contribution in [0.1, 0.15) is 367 Å². The van der Waals surface area contributed by atoms with E-state index in [1.807, 2.05) is 90.3 Å². The number of fused-ring (bicyclic) bond motifs is 1. The Morgan fingerprint density at radius 3 is 0.914 bits per heavy atom. The van der Waals surface area contributed by atoms with Crippen LogP contribution in [0.4, 0.5) is 30.7 Å². The predicted octanol–water partition coefficient (Wildman–Crippen LogP) is 38.8. The van der Waals surface area contributed by atoms with Crippen LogP contribution >= 0.6 is 0 Å². The summed E-state index contributed by atoms with van der Waals surface area (Å²) in [6.45, 7) is 91.2. The first-order valence-corrected chi connectivity index (χ1v) is 49.6. The number of rotatable bonds is 2. The lowest BCUT2D eigenvalue weighted by Crippen LogP contribution is -2.12. The van der Waals surface area contributed by atoms with E-state index in [0.29, 0.717) is 11.0 Å². The Bertz CT molecular complexity index is 5200. The maximum Gasteiger partial charge on any atom is 0.416 e. The summed E-state index contributed by atoms with van der Waals surface area (Å²) in [6.07, 6.45) is 1.63. The van der Waals surface area contributed by atoms with Gasteiger partial charge < -0.3 is 9.47 Å². The quantitative estimate of drug-likeness (QED) is 0.162. The smallest absolute Gasteiger partial charge is 0.416 e. The van der Waals surface area contributed by atoms with Crippen molar-refractivity contribution in [1.29, 1.82) is 0 Å². The van der Waals surface area contributed by atoms with E-state index in [1.165, 1.54) is 114 Å². The standard InChI is InChI=1S/C12H16O.2C12H18.C11H13F3.C11H15F.C11H16O.2C11H16.C10H12F2.C10H13F.C10H14.C9H13N/c1-12(2,3)10-5-4-9-6-7-13-11(9)8-10;1-9-6-7-11(8-10(9)2)12(3,4)5;1-5-10-6-8-11(9-7-10)12(2,3)4;1-10(2,3)8-4-6-9(7-5-8)11(12,13)14;1-8-5-6-9(7-10(8)12)11(2,3)4;1-11(2,3)9-5-7-10(12-4)8-6-9;1-9-5-7-10(8-6-9)11(2,3)4;1-9-6-5-7-10(8-9)11(2,3)4;1-10(2,3)7-4-5-8(11)9(12)6-7;1-10(2,3)8-4-6-9(11)7-5-8;1-10(2,3)9-7-5-4-6-8-9;1-9(2,3)8-4-6-10-7-5-8/h4-5,8H,6-7H2,1-3H3;6-8H,1-5H3;6-9H,5H2,1-4H3;4-7H,1-3H3;5-7H,1-4H3;5-8H,1-4H3;2*5-8H,1-4H3;4-6H,1-3H3;4-7H,1-3H3;4-8H,1-3H3;4-7H,1-3H3. The summed E-state index contributed by atoms with van der Waals surface area (Å²) < 4.78 is 98.1. The molecule has 0 saturated heterocycles. The van der Waals surface area contributed by atoms with Crippen LogP contribution in [0, 0.1) is 57.9 Å². The lowest BCUT2D eigenvalue weighted by molar-refractivity contribution is -0.137. The molecule has 0 radical (unpaired) electrons. The monoisotopic (exact) mass is 1920 g/mol. The Morgan fingerprint density at radius 1 is 0.264 bits per heavy atom. The van der Waals surface area contributed by atoms with Crippen LogP contribution in [-0.2, 0) is 84.0 Å². The van der Waals surface area contributed by atoms with Crippen molar-refractivity contribution in [3.8, 4) is 11.5 Å². The molecule has 3 nitrogen and oxygen atoms in total. The van der Waals surface area contributed by atoms with Crippen LogP contribution in [0.5, 0.6) is 11.5 Å². The number of hydrogen-bond acceptors (Lipinski definition) is 3. The summed E-state index contributed by atoms with van der Waals surface area (Å²) >= 11 is 0. The molecular weight excluding hydrogens is 1740 g/mol. The zero-order valence-electron chi connectivity index (χ0n) is 94.5. The fourth-order valence-corrected chi connectivity index (χ4v) is 13.3. The lowest BCUT2D eigenvalue weighted by Gasteiger charge is -2.19. The molecule has 0 saturated carbocycles. The van der Waals surface area contributed by atoms with Crippen molar-refractivity contribution in [2.24, 2.45) is 0 Å². The van der Waals surface area contributed by atoms with Crippen molar-refractivity contribution in [2.45, 2.75) is 375 Å². The van der Waals surface area contributed by atoms with Crippen LogP contribution in [-0.4, -0.2) is 18.7 Å². The fourth-order valence-electron chi connectivity index (χ4n) is 13.3. The molecular formula is C130H180F7NO2. The van der Waals surface area contributed by atoms with Gasteiger partial charge in [0.2, 0.25) is 0 Å². The molecule has 0 atom stereocenters. The highest BCUT2D eigenvalue weighted by molar-refractivity contribution is 5.43. The van der Waals surface area contributed by atoms with Crippen LogP contribution < -0.4 is 9.47 Å². The summed E-state index contributed by atoms with van der Waals surface area (Å²) in [5, 5.41) is 0. The molecule has 0 fully saturated rings. The van der Waals surface area contributed by atoms with Crippen molar-refractivity contribution >= 4 is 0 Å². The molecule has 11 aromatic carbocycles. The number of benzene rings is 11. The molecule has 2 heterocycles. The first kappa shape index (κ1) is 126. The second-order valence-electron chi connectivity index (χ2n) is 49.0. The maximum absolute atomic E-state index is 13.1. The summed E-state index contributed by atoms with van der Waals surface area (Å²) in [5.41, 5.74) is 25.4. The average Bonchev–Trinajstić information content (AvgIpc) is 0.998. The normalized spacial score (nSPS) is 12.1. The van der Waals surface area contributed by atoms with Crippen molar-refractivity contribution in [1.82, 2.24) is 4.98 Å². The zero-order valence-corrected chi connectivity index (χ0v) is 94.5. The maximum atomic E-state index is 13.1. The van der Waals surface area contributed by atoms with Crippen molar-refractivity contribution in [3.63, 3.8) is 0 Å². The molecule has 1 aliphatic rings. The minimum absolute atomic E-state index is 0.0362. The number of ether oxygens (including phenoxy) is 2. The highest BCUT2D eigenvalue weighted by atomic mass is 19.4. The Kier molecular flexibility index (Phi) is 48.7. The molecule has 766 valence electrons. The third-order valence-corrected chi connectivity index (χ3v) is 23.7. The Labute approximate surface area is 847 Å². The third-order valence-electron chi connectivity index (χ3n) is 23.7. The molecule has 0 unspecified atom stereocenters. The number of aromatic nitrogens is 1. The van der Waals surface area contributed by atoms with Gasteiger partial charge in [-0.25, -0.2) is 17.6 Å². The fraction of sp³-hybridized carbons (Fsp3) is 0.454. The molecule has 1 aliphatic heterocycles. The Hall–Kier alpha value is -10.3. The van der Waals surface area contributed by atoms with Gasteiger partial charge in [0.1, 0.15) is 23.1 Å². The van der Waals surface area contributed by atoms with Gasteiger partial charge in [-0.3, -0.25) is 4.98 Å². The van der Waals surface area contributed by atoms with Gasteiger partial charge in [0.25, 0.3) is 0 Å².